The molecule has 1 aliphatic carbocycles. The summed E-state index contributed by atoms with van der Waals surface area (Å²) in [6.45, 7) is 0. The van der Waals surface area contributed by atoms with Gasteiger partial charge in [-0.15, -0.1) is 0 Å². The monoisotopic (exact) mass is 340 g/mol. The molecule has 0 aromatic heterocycles. The minimum atomic E-state index is -3.92. The Morgan fingerprint density at radius 2 is 1.90 bits per heavy atom. The maximum Gasteiger partial charge on any atom is 0.242 e. The van der Waals surface area contributed by atoms with E-state index < -0.39 is 20.9 Å². The van der Waals surface area contributed by atoms with Crippen LogP contribution in [0, 0.1) is 5.82 Å². The Hall–Kier alpha value is -0.400. The molecule has 2 atom stereocenters. The zero-order chi connectivity index (χ0) is 14.9. The van der Waals surface area contributed by atoms with Crippen molar-refractivity contribution in [3.63, 3.8) is 0 Å². The van der Waals surface area contributed by atoms with E-state index in [1.165, 1.54) is 6.07 Å². The Morgan fingerprint density at radius 3 is 2.55 bits per heavy atom. The van der Waals surface area contributed by atoms with Gasteiger partial charge in [-0.2, -0.15) is 0 Å². The molecule has 0 unspecified atom stereocenters. The highest BCUT2D eigenvalue weighted by atomic mass is 35.5. The van der Waals surface area contributed by atoms with Crippen molar-refractivity contribution in [2.24, 2.45) is 5.73 Å². The lowest BCUT2D eigenvalue weighted by Crippen LogP contribution is -2.49. The molecule has 20 heavy (non-hydrogen) atoms. The van der Waals surface area contributed by atoms with Crippen molar-refractivity contribution in [3.05, 3.63) is 28.0 Å². The molecule has 1 aromatic carbocycles. The van der Waals surface area contributed by atoms with Crippen molar-refractivity contribution in [2.45, 2.75) is 42.7 Å². The van der Waals surface area contributed by atoms with Crippen LogP contribution in [0.3, 0.4) is 0 Å². The van der Waals surface area contributed by atoms with E-state index in [1.54, 1.807) is 0 Å². The maximum absolute atomic E-state index is 13.6. The molecule has 0 amide bonds. The third kappa shape index (κ3) is 3.26. The molecule has 1 saturated carbocycles. The van der Waals surface area contributed by atoms with Gasteiger partial charge in [0.25, 0.3) is 0 Å². The first-order valence-electron chi connectivity index (χ1n) is 6.24. The minimum Gasteiger partial charge on any atom is -0.326 e. The van der Waals surface area contributed by atoms with E-state index >= 15 is 0 Å². The predicted molar refractivity (Wildman–Crippen MR) is 77.0 cm³/mol. The Labute approximate surface area is 127 Å². The normalized spacial score (nSPS) is 23.8. The van der Waals surface area contributed by atoms with Crippen LogP contribution < -0.4 is 10.5 Å². The largest absolute Gasteiger partial charge is 0.326 e. The SMILES string of the molecule is N[C@@H]1CCCC[C@H]1NS(=O)(=O)c1ccc(Cl)c(F)c1Cl. The molecule has 0 spiro atoms. The zero-order valence-electron chi connectivity index (χ0n) is 10.6. The maximum atomic E-state index is 13.6. The molecule has 3 N–H and O–H groups in total. The number of hydrogen-bond acceptors (Lipinski definition) is 3. The van der Waals surface area contributed by atoms with E-state index in [0.29, 0.717) is 6.42 Å². The number of sulfonamides is 1. The van der Waals surface area contributed by atoms with Crippen LogP contribution in [0.1, 0.15) is 25.7 Å². The molecule has 0 bridgehead atoms. The zero-order valence-corrected chi connectivity index (χ0v) is 12.9. The number of rotatable bonds is 3. The van der Waals surface area contributed by atoms with Gasteiger partial charge in [-0.25, -0.2) is 17.5 Å². The molecule has 0 heterocycles. The van der Waals surface area contributed by atoms with E-state index in [-0.39, 0.29) is 22.0 Å². The van der Waals surface area contributed by atoms with Gasteiger partial charge in [-0.3, -0.25) is 0 Å². The van der Waals surface area contributed by atoms with Gasteiger partial charge in [0.2, 0.25) is 10.0 Å². The average Bonchev–Trinajstić information content (AvgIpc) is 2.38. The predicted octanol–water partition coefficient (Wildman–Crippen LogP) is 2.68. The summed E-state index contributed by atoms with van der Waals surface area (Å²) in [6, 6.07) is 1.75. The third-order valence-electron chi connectivity index (χ3n) is 3.42. The highest BCUT2D eigenvalue weighted by molar-refractivity contribution is 7.89. The number of hydrogen-bond donors (Lipinski definition) is 2. The fourth-order valence-corrected chi connectivity index (χ4v) is 4.35. The molecule has 4 nitrogen and oxygen atoms in total. The summed E-state index contributed by atoms with van der Waals surface area (Å²) in [5.41, 5.74) is 5.90. The van der Waals surface area contributed by atoms with Crippen molar-refractivity contribution < 1.29 is 12.8 Å². The molecule has 8 heteroatoms. The first kappa shape index (κ1) is 16.0. The van der Waals surface area contributed by atoms with Gasteiger partial charge in [0, 0.05) is 12.1 Å². The highest BCUT2D eigenvalue weighted by Gasteiger charge is 2.29. The molecular weight excluding hydrogens is 326 g/mol. The second kappa shape index (κ2) is 6.15. The van der Waals surface area contributed by atoms with Crippen LogP contribution >= 0.6 is 23.2 Å². The third-order valence-corrected chi connectivity index (χ3v) is 5.72. The summed E-state index contributed by atoms with van der Waals surface area (Å²) in [5, 5.41) is -0.724. The van der Waals surface area contributed by atoms with Crippen LogP contribution in [-0.2, 0) is 10.0 Å². The minimum absolute atomic E-state index is 0.219. The molecule has 1 aliphatic rings. The molecule has 112 valence electrons. The fourth-order valence-electron chi connectivity index (χ4n) is 2.28. The first-order chi connectivity index (χ1) is 9.33. The smallest absolute Gasteiger partial charge is 0.242 e. The number of nitrogens with two attached hydrogens (primary N) is 1. The summed E-state index contributed by atoms with van der Waals surface area (Å²) in [7, 11) is -3.92. The van der Waals surface area contributed by atoms with Gasteiger partial charge in [0.1, 0.15) is 4.90 Å². The van der Waals surface area contributed by atoms with Gasteiger partial charge >= 0.3 is 0 Å². The summed E-state index contributed by atoms with van der Waals surface area (Å²) in [5.74, 6) is -0.941. The van der Waals surface area contributed by atoms with Crippen LogP contribution in [0.2, 0.25) is 10.0 Å². The van der Waals surface area contributed by atoms with E-state index in [4.69, 9.17) is 28.9 Å². The van der Waals surface area contributed by atoms with Crippen LogP contribution in [-0.4, -0.2) is 20.5 Å². The van der Waals surface area contributed by atoms with Gasteiger partial charge in [0.15, 0.2) is 5.82 Å². The fraction of sp³-hybridized carbons (Fsp3) is 0.500. The van der Waals surface area contributed by atoms with Crippen LogP contribution in [0.15, 0.2) is 17.0 Å². The quantitative estimate of drug-likeness (QED) is 0.831. The Morgan fingerprint density at radius 1 is 1.25 bits per heavy atom. The van der Waals surface area contributed by atoms with Crippen molar-refractivity contribution >= 4 is 33.2 Å². The molecule has 2 rings (SSSR count). The average molecular weight is 341 g/mol. The number of nitrogens with one attached hydrogen (secondary N) is 1. The van der Waals surface area contributed by atoms with Gasteiger partial charge < -0.3 is 5.73 Å². The van der Waals surface area contributed by atoms with E-state index in [9.17, 15) is 12.8 Å². The second-order valence-electron chi connectivity index (χ2n) is 4.85. The summed E-state index contributed by atoms with van der Waals surface area (Å²) in [6.07, 6.45) is 3.31. The lowest BCUT2D eigenvalue weighted by Gasteiger charge is -2.29. The van der Waals surface area contributed by atoms with Crippen molar-refractivity contribution in [1.29, 1.82) is 0 Å². The second-order valence-corrected chi connectivity index (χ2v) is 7.32. The molecule has 1 fully saturated rings. The van der Waals surface area contributed by atoms with Crippen molar-refractivity contribution in [1.82, 2.24) is 4.72 Å². The number of halogens is 3. The number of benzene rings is 1. The van der Waals surface area contributed by atoms with Crippen LogP contribution in [0.5, 0.6) is 0 Å². The summed E-state index contributed by atoms with van der Waals surface area (Å²) < 4.78 is 40.6. The van der Waals surface area contributed by atoms with E-state index in [1.807, 2.05) is 0 Å². The summed E-state index contributed by atoms with van der Waals surface area (Å²) in [4.78, 5) is -0.321. The Kier molecular flexibility index (Phi) is 4.92. The van der Waals surface area contributed by atoms with E-state index in [0.717, 1.165) is 25.3 Å². The lowest BCUT2D eigenvalue weighted by atomic mass is 9.92. The van der Waals surface area contributed by atoms with E-state index in [2.05, 4.69) is 4.72 Å². The van der Waals surface area contributed by atoms with Crippen LogP contribution in [0.25, 0.3) is 0 Å². The summed E-state index contributed by atoms with van der Waals surface area (Å²) >= 11 is 11.3. The molecule has 1 aromatic rings. The molecule has 0 saturated heterocycles. The van der Waals surface area contributed by atoms with Gasteiger partial charge in [-0.1, -0.05) is 36.0 Å². The Balaban J connectivity index is 2.29. The van der Waals surface area contributed by atoms with Crippen LogP contribution in [0.4, 0.5) is 4.39 Å². The first-order valence-corrected chi connectivity index (χ1v) is 8.48. The van der Waals surface area contributed by atoms with Gasteiger partial charge in [-0.05, 0) is 25.0 Å². The van der Waals surface area contributed by atoms with Crippen molar-refractivity contribution in [2.75, 3.05) is 0 Å². The molecule has 0 aliphatic heterocycles. The standard InChI is InChI=1S/C12H15Cl2FN2O2S/c13-7-5-6-10(11(14)12(7)15)20(18,19)17-9-4-2-1-3-8(9)16/h5-6,8-9,17H,1-4,16H2/t8-,9-/m1/s1. The highest BCUT2D eigenvalue weighted by Crippen LogP contribution is 2.30. The lowest BCUT2D eigenvalue weighted by molar-refractivity contribution is 0.361. The Bertz CT molecular complexity index is 610. The molecular formula is C12H15Cl2FN2O2S. The van der Waals surface area contributed by atoms with Crippen molar-refractivity contribution in [3.8, 4) is 0 Å². The topological polar surface area (TPSA) is 72.2 Å². The van der Waals surface area contributed by atoms with Gasteiger partial charge in [0.05, 0.1) is 10.0 Å². The molecule has 0 radical (unpaired) electrons.